The lowest BCUT2D eigenvalue weighted by Crippen LogP contribution is -2.89. The van der Waals surface area contributed by atoms with Gasteiger partial charge in [-0.1, -0.05) is 43.7 Å². The lowest BCUT2D eigenvalue weighted by atomic mass is 9.82. The van der Waals surface area contributed by atoms with Crippen molar-refractivity contribution in [2.24, 2.45) is 17.8 Å². The summed E-state index contributed by atoms with van der Waals surface area (Å²) in [6.45, 7) is 2.50. The zero-order valence-corrected chi connectivity index (χ0v) is 17.6. The molecule has 2 amide bonds. The van der Waals surface area contributed by atoms with E-state index in [0.29, 0.717) is 12.5 Å². The smallest absolute Gasteiger partial charge is 0.278 e. The van der Waals surface area contributed by atoms with Crippen molar-refractivity contribution in [2.75, 3.05) is 7.05 Å². The Bertz CT molecular complexity index is 677. The first-order chi connectivity index (χ1) is 14.0. The number of fused-ring (bicyclic) bond motifs is 1. The number of nitrogens with two attached hydrogens (primary N) is 1. The van der Waals surface area contributed by atoms with Crippen molar-refractivity contribution in [2.45, 2.75) is 70.2 Å². The standard InChI is InChI=1S/C23H35N3O3/c1-3-18(24-2)23(29)26-19-11-7-10-16-12-13-17(20(16)21(19)27)22(28)25-14-15-8-5-4-6-9-15/h4-6,8-9,16-21,24,27H,3,7,10-14H2,1-2H3,(H,25,28)(H,26,29)/p+1/t16-,17+,18-,19-,20+,21-/m0/s1. The van der Waals surface area contributed by atoms with E-state index in [1.807, 2.05) is 49.6 Å². The number of carbonyl (C=O) groups excluding carboxylic acids is 2. The molecular formula is C23H36N3O3+. The van der Waals surface area contributed by atoms with E-state index < -0.39 is 6.10 Å². The molecule has 29 heavy (non-hydrogen) atoms. The molecule has 0 heterocycles. The van der Waals surface area contributed by atoms with Crippen LogP contribution in [-0.2, 0) is 16.1 Å². The fourth-order valence-electron chi connectivity index (χ4n) is 5.24. The van der Waals surface area contributed by atoms with Gasteiger partial charge in [0.25, 0.3) is 5.91 Å². The Morgan fingerprint density at radius 2 is 1.93 bits per heavy atom. The molecule has 0 spiro atoms. The van der Waals surface area contributed by atoms with E-state index in [9.17, 15) is 14.7 Å². The van der Waals surface area contributed by atoms with Crippen molar-refractivity contribution in [3.63, 3.8) is 0 Å². The molecule has 6 atom stereocenters. The Labute approximate surface area is 173 Å². The minimum Gasteiger partial charge on any atom is -0.391 e. The summed E-state index contributed by atoms with van der Waals surface area (Å²) >= 11 is 0. The van der Waals surface area contributed by atoms with Crippen LogP contribution in [-0.4, -0.2) is 42.2 Å². The van der Waals surface area contributed by atoms with Gasteiger partial charge < -0.3 is 21.1 Å². The lowest BCUT2D eigenvalue weighted by molar-refractivity contribution is -0.650. The number of hydrogen-bond donors (Lipinski definition) is 4. The number of aliphatic hydroxyl groups is 1. The number of benzene rings is 1. The maximum Gasteiger partial charge on any atom is 0.278 e. The first kappa shape index (κ1) is 21.8. The molecule has 0 unspecified atom stereocenters. The van der Waals surface area contributed by atoms with Crippen LogP contribution in [0.4, 0.5) is 0 Å². The second kappa shape index (κ2) is 10.2. The van der Waals surface area contributed by atoms with Gasteiger partial charge in [0.2, 0.25) is 5.91 Å². The molecule has 6 nitrogen and oxygen atoms in total. The highest BCUT2D eigenvalue weighted by atomic mass is 16.3. The van der Waals surface area contributed by atoms with Crippen molar-refractivity contribution in [1.29, 1.82) is 0 Å². The molecular weight excluding hydrogens is 366 g/mol. The van der Waals surface area contributed by atoms with Crippen LogP contribution in [0.2, 0.25) is 0 Å². The normalized spacial score (nSPS) is 30.1. The van der Waals surface area contributed by atoms with Gasteiger partial charge in [-0.3, -0.25) is 9.59 Å². The summed E-state index contributed by atoms with van der Waals surface area (Å²) in [5.41, 5.74) is 1.07. The fraction of sp³-hybridized carbons (Fsp3) is 0.652. The SMILES string of the molecule is CC[C@H]([NH2+]C)C(=O)N[C@H]1CCC[C@H]2CC[C@@H](C(=O)NCc3ccccc3)[C@@H]2[C@H]1O. The molecule has 2 aliphatic rings. The molecule has 0 radical (unpaired) electrons. The van der Waals surface area contributed by atoms with E-state index in [2.05, 4.69) is 10.6 Å². The Hall–Kier alpha value is -1.92. The van der Waals surface area contributed by atoms with Crippen LogP contribution in [0.25, 0.3) is 0 Å². The number of carbonyl (C=O) groups is 2. The highest BCUT2D eigenvalue weighted by Gasteiger charge is 2.47. The van der Waals surface area contributed by atoms with Crippen LogP contribution < -0.4 is 16.0 Å². The van der Waals surface area contributed by atoms with Gasteiger partial charge in [-0.15, -0.1) is 0 Å². The van der Waals surface area contributed by atoms with Gasteiger partial charge in [-0.05, 0) is 37.2 Å². The van der Waals surface area contributed by atoms with E-state index in [4.69, 9.17) is 0 Å². The summed E-state index contributed by atoms with van der Waals surface area (Å²) < 4.78 is 0. The molecule has 0 bridgehead atoms. The highest BCUT2D eigenvalue weighted by Crippen LogP contribution is 2.45. The quantitative estimate of drug-likeness (QED) is 0.547. The Kier molecular flexibility index (Phi) is 7.67. The van der Waals surface area contributed by atoms with Crippen molar-refractivity contribution < 1.29 is 20.0 Å². The van der Waals surface area contributed by atoms with Crippen LogP contribution >= 0.6 is 0 Å². The molecule has 0 aliphatic heterocycles. The molecule has 0 aromatic heterocycles. The van der Waals surface area contributed by atoms with Gasteiger partial charge >= 0.3 is 0 Å². The average molecular weight is 403 g/mol. The molecule has 1 aromatic rings. The Morgan fingerprint density at radius 3 is 2.62 bits per heavy atom. The van der Waals surface area contributed by atoms with Gasteiger partial charge in [-0.25, -0.2) is 0 Å². The zero-order chi connectivity index (χ0) is 20.8. The number of rotatable bonds is 7. The van der Waals surface area contributed by atoms with Crippen molar-refractivity contribution in [1.82, 2.24) is 10.6 Å². The summed E-state index contributed by atoms with van der Waals surface area (Å²) in [4.78, 5) is 25.5. The topological polar surface area (TPSA) is 95.0 Å². The molecule has 0 saturated heterocycles. The number of nitrogens with one attached hydrogen (secondary N) is 2. The molecule has 160 valence electrons. The largest absolute Gasteiger partial charge is 0.391 e. The predicted molar refractivity (Wildman–Crippen MR) is 112 cm³/mol. The summed E-state index contributed by atoms with van der Waals surface area (Å²) in [6, 6.07) is 9.49. The third-order valence-electron chi connectivity index (χ3n) is 6.91. The summed E-state index contributed by atoms with van der Waals surface area (Å²) in [5, 5.41) is 19.3. The second-order valence-electron chi connectivity index (χ2n) is 8.61. The molecule has 1 aromatic carbocycles. The van der Waals surface area contributed by atoms with E-state index in [1.54, 1.807) is 0 Å². The average Bonchev–Trinajstić information content (AvgIpc) is 3.10. The van der Waals surface area contributed by atoms with Gasteiger partial charge in [0.05, 0.1) is 19.2 Å². The van der Waals surface area contributed by atoms with Gasteiger partial charge in [0, 0.05) is 24.8 Å². The second-order valence-corrected chi connectivity index (χ2v) is 8.61. The Morgan fingerprint density at radius 1 is 1.17 bits per heavy atom. The molecule has 2 saturated carbocycles. The summed E-state index contributed by atoms with van der Waals surface area (Å²) in [7, 11) is 1.90. The van der Waals surface area contributed by atoms with E-state index in [1.165, 1.54) is 0 Å². The lowest BCUT2D eigenvalue weighted by Gasteiger charge is -2.32. The first-order valence-corrected chi connectivity index (χ1v) is 11.1. The molecule has 3 rings (SSSR count). The maximum atomic E-state index is 12.9. The van der Waals surface area contributed by atoms with Crippen LogP contribution in [0.5, 0.6) is 0 Å². The minimum atomic E-state index is -0.671. The number of quaternary nitrogens is 1. The number of amides is 2. The molecule has 2 aliphatic carbocycles. The molecule has 2 fully saturated rings. The highest BCUT2D eigenvalue weighted by molar-refractivity contribution is 5.81. The van der Waals surface area contributed by atoms with Crippen molar-refractivity contribution in [3.8, 4) is 0 Å². The zero-order valence-electron chi connectivity index (χ0n) is 17.6. The van der Waals surface area contributed by atoms with Gasteiger partial charge in [-0.2, -0.15) is 0 Å². The van der Waals surface area contributed by atoms with Crippen LogP contribution in [0, 0.1) is 17.8 Å². The first-order valence-electron chi connectivity index (χ1n) is 11.1. The monoisotopic (exact) mass is 402 g/mol. The fourth-order valence-corrected chi connectivity index (χ4v) is 5.24. The summed E-state index contributed by atoms with van der Waals surface area (Å²) in [6.07, 6.45) is 4.65. The molecule has 6 heteroatoms. The van der Waals surface area contributed by atoms with Gasteiger partial charge in [0.1, 0.15) is 0 Å². The van der Waals surface area contributed by atoms with E-state index in [-0.39, 0.29) is 35.7 Å². The summed E-state index contributed by atoms with van der Waals surface area (Å²) in [5.74, 6) is 0.112. The maximum absolute atomic E-state index is 12.9. The molecule has 5 N–H and O–H groups in total. The van der Waals surface area contributed by atoms with Crippen LogP contribution in [0.15, 0.2) is 30.3 Å². The Balaban J connectivity index is 1.65. The predicted octanol–water partition coefficient (Wildman–Crippen LogP) is 0.947. The van der Waals surface area contributed by atoms with Crippen LogP contribution in [0.1, 0.15) is 51.0 Å². The number of aliphatic hydroxyl groups excluding tert-OH is 1. The number of hydrogen-bond acceptors (Lipinski definition) is 3. The van der Waals surface area contributed by atoms with Crippen molar-refractivity contribution in [3.05, 3.63) is 35.9 Å². The third-order valence-corrected chi connectivity index (χ3v) is 6.91. The number of likely N-dealkylation sites (N-methyl/N-ethyl adjacent to an activating group) is 1. The third kappa shape index (κ3) is 5.17. The van der Waals surface area contributed by atoms with E-state index in [0.717, 1.165) is 44.1 Å². The van der Waals surface area contributed by atoms with Crippen LogP contribution in [0.3, 0.4) is 0 Å². The van der Waals surface area contributed by atoms with E-state index >= 15 is 0 Å². The minimum absolute atomic E-state index is 0.0134. The van der Waals surface area contributed by atoms with Crippen molar-refractivity contribution >= 4 is 11.8 Å². The van der Waals surface area contributed by atoms with Gasteiger partial charge in [0.15, 0.2) is 6.04 Å².